The molecule has 1 aromatic carbocycles. The van der Waals surface area contributed by atoms with E-state index in [2.05, 4.69) is 20.5 Å². The van der Waals surface area contributed by atoms with Gasteiger partial charge in [0.05, 0.1) is 17.3 Å². The van der Waals surface area contributed by atoms with Crippen molar-refractivity contribution < 1.29 is 37.5 Å². The molecular formula is C22H26N6O2Y-2. The maximum atomic E-state index is 12.7. The normalized spacial score (nSPS) is 13.3. The molecule has 3 heterocycles. The predicted octanol–water partition coefficient (Wildman–Crippen LogP) is 2.48. The molecule has 0 unspecified atom stereocenters. The van der Waals surface area contributed by atoms with E-state index in [4.69, 9.17) is 4.98 Å². The minimum absolute atomic E-state index is 0. The van der Waals surface area contributed by atoms with Gasteiger partial charge in [-0.15, -0.1) is 6.54 Å². The average molecular weight is 495 g/mol. The van der Waals surface area contributed by atoms with Crippen molar-refractivity contribution in [2.24, 2.45) is 0 Å². The first-order chi connectivity index (χ1) is 14.1. The van der Waals surface area contributed by atoms with Gasteiger partial charge in [-0.3, -0.25) is 9.36 Å². The zero-order valence-corrected chi connectivity index (χ0v) is 21.0. The average Bonchev–Trinajstić information content (AvgIpc) is 2.74. The molecule has 9 heteroatoms. The molecule has 1 fully saturated rings. The van der Waals surface area contributed by atoms with E-state index in [0.717, 1.165) is 37.3 Å². The first kappa shape index (κ1) is 25.1. The molecule has 161 valence electrons. The fourth-order valence-corrected chi connectivity index (χ4v) is 3.49. The second-order valence-electron chi connectivity index (χ2n) is 6.92. The number of nitrogens with one attached hydrogen (secondary N) is 1. The van der Waals surface area contributed by atoms with Gasteiger partial charge in [0.2, 0.25) is 5.95 Å². The summed E-state index contributed by atoms with van der Waals surface area (Å²) in [5.41, 5.74) is 2.36. The molecule has 2 aromatic heterocycles. The summed E-state index contributed by atoms with van der Waals surface area (Å²) in [4.78, 5) is 36.3. The molecule has 1 saturated heterocycles. The van der Waals surface area contributed by atoms with Crippen LogP contribution in [0.4, 0.5) is 5.95 Å². The summed E-state index contributed by atoms with van der Waals surface area (Å²) in [5.74, 6) is 0.368. The van der Waals surface area contributed by atoms with Crippen LogP contribution in [0.1, 0.15) is 23.0 Å². The van der Waals surface area contributed by atoms with Crippen LogP contribution in [0.2, 0.25) is 0 Å². The van der Waals surface area contributed by atoms with Crippen molar-refractivity contribution >= 4 is 22.9 Å². The van der Waals surface area contributed by atoms with Gasteiger partial charge in [0.1, 0.15) is 0 Å². The summed E-state index contributed by atoms with van der Waals surface area (Å²) < 4.78 is 1.57. The van der Waals surface area contributed by atoms with Crippen molar-refractivity contribution in [1.82, 2.24) is 19.9 Å². The Labute approximate surface area is 207 Å². The second-order valence-corrected chi connectivity index (χ2v) is 6.92. The molecule has 1 aliphatic heterocycles. The molecule has 0 bridgehead atoms. The number of nitrogens with zero attached hydrogens (tertiary/aromatic N) is 5. The number of aryl methyl sites for hydroxylation is 1. The van der Waals surface area contributed by atoms with Crippen LogP contribution < -0.4 is 15.8 Å². The number of benzene rings is 1. The smallest absolute Gasteiger partial charge is 0.256 e. The summed E-state index contributed by atoms with van der Waals surface area (Å²) in [6.45, 7) is 7.58. The summed E-state index contributed by atoms with van der Waals surface area (Å²) in [6, 6.07) is 10.2. The number of carbonyl (C=O) groups excluding carboxylic acids is 1. The van der Waals surface area contributed by atoms with Gasteiger partial charge in [-0.25, -0.2) is 4.98 Å². The zero-order valence-electron chi connectivity index (χ0n) is 18.1. The Bertz CT molecular complexity index is 1110. The molecular weight excluding hydrogens is 469 g/mol. The molecule has 1 aliphatic rings. The van der Waals surface area contributed by atoms with Gasteiger partial charge in [0.25, 0.3) is 5.56 Å². The van der Waals surface area contributed by atoms with Crippen LogP contribution in [0, 0.1) is 14.4 Å². The van der Waals surface area contributed by atoms with Gasteiger partial charge >= 0.3 is 0 Å². The first-order valence-corrected chi connectivity index (χ1v) is 9.77. The topological polar surface area (TPSA) is 94.2 Å². The van der Waals surface area contributed by atoms with E-state index in [-0.39, 0.29) is 51.6 Å². The van der Waals surface area contributed by atoms with Crippen molar-refractivity contribution in [1.29, 1.82) is 0 Å². The Morgan fingerprint density at radius 3 is 2.42 bits per heavy atom. The molecule has 4 rings (SSSR count). The Balaban J connectivity index is 0.00000171. The fraction of sp³-hybridized carbons (Fsp3) is 0.318. The molecule has 3 aromatic rings. The van der Waals surface area contributed by atoms with Crippen molar-refractivity contribution in [2.45, 2.75) is 13.8 Å². The van der Waals surface area contributed by atoms with Crippen molar-refractivity contribution in [3.05, 3.63) is 70.8 Å². The van der Waals surface area contributed by atoms with Gasteiger partial charge < -0.3 is 27.8 Å². The molecule has 0 aliphatic carbocycles. The third-order valence-electron chi connectivity index (χ3n) is 5.00. The van der Waals surface area contributed by atoms with Crippen LogP contribution in [0.15, 0.2) is 41.2 Å². The molecule has 1 amide bonds. The number of aromatic nitrogens is 3. The SMILES string of the molecule is CC[N-]C(=O)c1ccc(-n2c(=O)ccc3c(C)nc(N4CCNCC4)nc32)cc1.[CH3-].[Y]. The first-order valence-electron chi connectivity index (χ1n) is 9.77. The molecule has 31 heavy (non-hydrogen) atoms. The Kier molecular flexibility index (Phi) is 8.85. The number of carbonyl (C=O) groups is 1. The van der Waals surface area contributed by atoms with E-state index >= 15 is 0 Å². The third-order valence-corrected chi connectivity index (χ3v) is 5.00. The minimum Gasteiger partial charge on any atom is -0.649 e. The quantitative estimate of drug-likeness (QED) is 0.559. The van der Waals surface area contributed by atoms with Gasteiger partial charge in [-0.05, 0) is 30.7 Å². The number of pyridine rings is 1. The van der Waals surface area contributed by atoms with Crippen LogP contribution in [0.5, 0.6) is 0 Å². The van der Waals surface area contributed by atoms with E-state index in [1.807, 2.05) is 13.8 Å². The molecule has 0 spiro atoms. The Morgan fingerprint density at radius 1 is 1.10 bits per heavy atom. The number of hydrogen-bond acceptors (Lipinski definition) is 6. The van der Waals surface area contributed by atoms with Gasteiger partial charge in [0.15, 0.2) is 5.65 Å². The molecule has 0 saturated carbocycles. The second kappa shape index (κ2) is 10.9. The van der Waals surface area contributed by atoms with E-state index in [9.17, 15) is 9.59 Å². The van der Waals surface area contributed by atoms with E-state index < -0.39 is 0 Å². The minimum atomic E-state index is -0.261. The molecule has 1 N–H and O–H groups in total. The molecule has 0 atom stereocenters. The number of piperazine rings is 1. The summed E-state index contributed by atoms with van der Waals surface area (Å²) >= 11 is 0. The largest absolute Gasteiger partial charge is 0.649 e. The number of anilines is 1. The van der Waals surface area contributed by atoms with Crippen LogP contribution in [0.25, 0.3) is 22.0 Å². The summed E-state index contributed by atoms with van der Waals surface area (Å²) in [5, 5.41) is 8.04. The van der Waals surface area contributed by atoms with Crippen molar-refractivity contribution in [3.63, 3.8) is 0 Å². The van der Waals surface area contributed by atoms with Crippen LogP contribution in [-0.4, -0.2) is 53.2 Å². The number of hydrogen-bond donors (Lipinski definition) is 1. The van der Waals surface area contributed by atoms with Crippen LogP contribution in [-0.2, 0) is 32.7 Å². The van der Waals surface area contributed by atoms with Gasteiger partial charge in [-0.1, -0.05) is 19.1 Å². The summed E-state index contributed by atoms with van der Waals surface area (Å²) in [7, 11) is 0. The summed E-state index contributed by atoms with van der Waals surface area (Å²) in [6.07, 6.45) is 0. The zero-order chi connectivity index (χ0) is 20.4. The molecule has 1 radical (unpaired) electrons. The van der Waals surface area contributed by atoms with Gasteiger partial charge in [-0.2, -0.15) is 4.98 Å². The molecule has 8 nitrogen and oxygen atoms in total. The number of rotatable bonds is 4. The number of amides is 1. The Morgan fingerprint density at radius 2 is 1.77 bits per heavy atom. The fourth-order valence-electron chi connectivity index (χ4n) is 3.49. The van der Waals surface area contributed by atoms with Crippen LogP contribution in [0.3, 0.4) is 0 Å². The maximum absolute atomic E-state index is 12.7. The van der Waals surface area contributed by atoms with Crippen molar-refractivity contribution in [3.8, 4) is 5.69 Å². The predicted molar refractivity (Wildman–Crippen MR) is 120 cm³/mol. The number of fused-ring (bicyclic) bond motifs is 1. The van der Waals surface area contributed by atoms with Crippen LogP contribution >= 0.6 is 0 Å². The van der Waals surface area contributed by atoms with E-state index in [1.54, 1.807) is 34.9 Å². The van der Waals surface area contributed by atoms with E-state index in [1.165, 1.54) is 6.07 Å². The van der Waals surface area contributed by atoms with E-state index in [0.29, 0.717) is 29.4 Å². The Hall–Kier alpha value is -2.16. The third kappa shape index (κ3) is 5.19. The van der Waals surface area contributed by atoms with Crippen molar-refractivity contribution in [2.75, 3.05) is 37.6 Å². The maximum Gasteiger partial charge on any atom is 0.256 e. The van der Waals surface area contributed by atoms with Gasteiger partial charge in [0, 0.05) is 70.3 Å². The monoisotopic (exact) mass is 495 g/mol. The standard InChI is InChI=1S/C21H24N6O2.CH3.Y/c1-3-23-20(29)15-4-6-16(7-5-15)27-18(28)9-8-17-14(2)24-21(25-19(17)27)26-12-10-22-11-13-26;;/h4-9,22H,3,10-13H2,1-2H3,(H,23,29);1H3;/q;-1;/p-1.